The number of piperidine rings is 1. The number of urea groups is 1. The maximum atomic E-state index is 12.4. The molecular formula is C14H20N5NaO8S. The zero-order valence-corrected chi connectivity index (χ0v) is 19.5. The van der Waals surface area contributed by atoms with Gasteiger partial charge in [-0.2, -0.15) is 9.35 Å². The maximum Gasteiger partial charge on any atom is 1.00 e. The van der Waals surface area contributed by atoms with Crippen molar-refractivity contribution in [2.24, 2.45) is 0 Å². The molecular weight excluding hydrogens is 421 g/mol. The summed E-state index contributed by atoms with van der Waals surface area (Å²) in [6.45, 7) is 5.28. The molecule has 15 heteroatoms. The Labute approximate surface area is 189 Å². The molecule has 29 heavy (non-hydrogen) atoms. The fourth-order valence-corrected chi connectivity index (χ4v) is 3.37. The van der Waals surface area contributed by atoms with Gasteiger partial charge >= 0.3 is 47.7 Å². The van der Waals surface area contributed by atoms with Crippen LogP contribution >= 0.6 is 0 Å². The van der Waals surface area contributed by atoms with Gasteiger partial charge in [-0.15, -0.1) is 5.10 Å². The van der Waals surface area contributed by atoms with Crippen LogP contribution in [-0.2, 0) is 19.4 Å². The summed E-state index contributed by atoms with van der Waals surface area (Å²) in [5.41, 5.74) is -0.708. The summed E-state index contributed by atoms with van der Waals surface area (Å²) >= 11 is 0. The van der Waals surface area contributed by atoms with Gasteiger partial charge in [-0.25, -0.2) is 22.9 Å². The second-order valence-corrected chi connectivity index (χ2v) is 8.42. The smallest absolute Gasteiger partial charge is 0.724 e. The molecule has 2 bridgehead atoms. The monoisotopic (exact) mass is 441 g/mol. The number of rotatable bonds is 4. The average Bonchev–Trinajstić information content (AvgIpc) is 3.12. The molecule has 13 nitrogen and oxygen atoms in total. The van der Waals surface area contributed by atoms with Crippen molar-refractivity contribution in [1.29, 1.82) is 0 Å². The predicted octanol–water partition coefficient (Wildman–Crippen LogP) is -2.22. The number of ether oxygens (including phenoxy) is 1. The van der Waals surface area contributed by atoms with Crippen LogP contribution in [0.5, 0.6) is 0 Å². The standard InChI is InChI=1S/C14H21N5O8S.Na/c1-14(2,3)26-13(21)17(4)11-16-15-10(25-11)9-6-5-8-7-18(9)12(20)19(8)27-28(22,23)24;/h8-9H,5-7H2,1-4H3,(H,22,23,24);/q;+1/p-1/t8-,9+;/m1./s1. The van der Waals surface area contributed by atoms with E-state index in [0.29, 0.717) is 17.9 Å². The predicted molar refractivity (Wildman–Crippen MR) is 89.4 cm³/mol. The van der Waals surface area contributed by atoms with Gasteiger partial charge in [-0.3, -0.25) is 0 Å². The van der Waals surface area contributed by atoms with Gasteiger partial charge < -0.3 is 18.6 Å². The molecule has 156 valence electrons. The Balaban J connectivity index is 0.00000300. The largest absolute Gasteiger partial charge is 1.00 e. The number of nitrogens with zero attached hydrogens (tertiary/aromatic N) is 5. The van der Waals surface area contributed by atoms with Crippen LogP contribution in [0, 0.1) is 0 Å². The maximum absolute atomic E-state index is 12.4. The Kier molecular flexibility index (Phi) is 6.86. The van der Waals surface area contributed by atoms with Crippen molar-refractivity contribution in [1.82, 2.24) is 20.2 Å². The van der Waals surface area contributed by atoms with Crippen molar-refractivity contribution < 1.29 is 65.6 Å². The average molecular weight is 441 g/mol. The summed E-state index contributed by atoms with van der Waals surface area (Å²) in [7, 11) is -3.67. The summed E-state index contributed by atoms with van der Waals surface area (Å²) in [6.07, 6.45) is 0.0542. The molecule has 2 atom stereocenters. The Morgan fingerprint density at radius 2 is 1.97 bits per heavy atom. The molecule has 3 rings (SSSR count). The van der Waals surface area contributed by atoms with E-state index in [1.165, 1.54) is 11.9 Å². The van der Waals surface area contributed by atoms with Gasteiger partial charge in [0.1, 0.15) is 11.6 Å². The van der Waals surface area contributed by atoms with E-state index in [0.717, 1.165) is 4.90 Å². The summed E-state index contributed by atoms with van der Waals surface area (Å²) in [5, 5.41) is 8.26. The number of carbonyl (C=O) groups excluding carboxylic acids is 2. The summed E-state index contributed by atoms with van der Waals surface area (Å²) in [4.78, 5) is 26.8. The molecule has 0 aliphatic carbocycles. The van der Waals surface area contributed by atoms with Crippen molar-refractivity contribution in [2.45, 2.75) is 51.3 Å². The summed E-state index contributed by atoms with van der Waals surface area (Å²) < 4.78 is 47.5. The normalized spacial score (nSPS) is 21.8. The Hall–Kier alpha value is -1.45. The molecule has 0 unspecified atom stereocenters. The van der Waals surface area contributed by atoms with Crippen LogP contribution in [0.1, 0.15) is 45.5 Å². The molecule has 1 aromatic heterocycles. The van der Waals surface area contributed by atoms with E-state index in [4.69, 9.17) is 9.15 Å². The third-order valence-corrected chi connectivity index (χ3v) is 4.51. The molecule has 2 fully saturated rings. The topological polar surface area (TPSA) is 158 Å². The van der Waals surface area contributed by atoms with Gasteiger partial charge in [0.15, 0.2) is 0 Å². The minimum Gasteiger partial charge on any atom is -0.724 e. The minimum absolute atomic E-state index is 0. The van der Waals surface area contributed by atoms with Crippen LogP contribution < -0.4 is 34.5 Å². The van der Waals surface area contributed by atoms with Crippen LogP contribution in [0.15, 0.2) is 4.42 Å². The fourth-order valence-electron chi connectivity index (χ4n) is 2.99. The van der Waals surface area contributed by atoms with Crippen LogP contribution in [0.25, 0.3) is 0 Å². The molecule has 0 N–H and O–H groups in total. The number of anilines is 1. The molecule has 1 aromatic rings. The number of hydroxylamine groups is 2. The van der Waals surface area contributed by atoms with Gasteiger partial charge in [-0.05, 0) is 33.6 Å². The van der Waals surface area contributed by atoms with E-state index in [9.17, 15) is 22.6 Å². The van der Waals surface area contributed by atoms with Crippen molar-refractivity contribution in [3.8, 4) is 0 Å². The first-order valence-electron chi connectivity index (χ1n) is 8.41. The van der Waals surface area contributed by atoms with Crippen molar-refractivity contribution in [2.75, 3.05) is 18.5 Å². The third-order valence-electron chi connectivity index (χ3n) is 4.16. The fraction of sp³-hybridized carbons (Fsp3) is 0.714. The van der Waals surface area contributed by atoms with Crippen LogP contribution in [0.4, 0.5) is 15.6 Å². The van der Waals surface area contributed by atoms with Gasteiger partial charge in [0.05, 0.1) is 6.04 Å². The molecule has 0 radical (unpaired) electrons. The van der Waals surface area contributed by atoms with E-state index in [2.05, 4.69) is 14.5 Å². The van der Waals surface area contributed by atoms with E-state index in [1.54, 1.807) is 20.8 Å². The molecule has 0 saturated carbocycles. The van der Waals surface area contributed by atoms with E-state index < -0.39 is 40.2 Å². The van der Waals surface area contributed by atoms with Crippen molar-refractivity contribution in [3.05, 3.63) is 5.89 Å². The minimum atomic E-state index is -5.07. The van der Waals surface area contributed by atoms with E-state index in [-0.39, 0.29) is 48.0 Å². The first kappa shape index (κ1) is 23.8. The molecule has 3 heterocycles. The molecule has 3 amide bonds. The number of fused-ring (bicyclic) bond motifs is 2. The Morgan fingerprint density at radius 3 is 2.55 bits per heavy atom. The molecule has 2 aliphatic rings. The second kappa shape index (κ2) is 8.35. The SMILES string of the molecule is CN(C(=O)OC(C)(C)C)c1nnc([C@@H]2CC[C@@H]3CN2C(=O)N3OS(=O)(=O)[O-])o1.[Na+]. The van der Waals surface area contributed by atoms with Gasteiger partial charge in [0.25, 0.3) is 0 Å². The van der Waals surface area contributed by atoms with E-state index >= 15 is 0 Å². The molecule has 0 spiro atoms. The zero-order chi connectivity index (χ0) is 20.9. The number of hydrogen-bond acceptors (Lipinski definition) is 10. The van der Waals surface area contributed by atoms with E-state index in [1.807, 2.05) is 0 Å². The quantitative estimate of drug-likeness (QED) is 0.284. The van der Waals surface area contributed by atoms with Crippen molar-refractivity contribution >= 4 is 28.5 Å². The Morgan fingerprint density at radius 1 is 1.31 bits per heavy atom. The zero-order valence-electron chi connectivity index (χ0n) is 16.7. The van der Waals surface area contributed by atoms with Gasteiger partial charge in [0, 0.05) is 13.6 Å². The molecule has 2 saturated heterocycles. The first-order valence-corrected chi connectivity index (χ1v) is 9.74. The molecule has 2 aliphatic heterocycles. The summed E-state index contributed by atoms with van der Waals surface area (Å²) in [5.74, 6) is 0.0732. The second-order valence-electron chi connectivity index (χ2n) is 7.45. The Bertz CT molecular complexity index is 885. The third kappa shape index (κ3) is 5.38. The molecule has 0 aromatic carbocycles. The van der Waals surface area contributed by atoms with Crippen LogP contribution in [0.2, 0.25) is 0 Å². The van der Waals surface area contributed by atoms with Crippen LogP contribution in [0.3, 0.4) is 0 Å². The van der Waals surface area contributed by atoms with Gasteiger partial charge in [0.2, 0.25) is 16.3 Å². The summed E-state index contributed by atoms with van der Waals surface area (Å²) in [6, 6.07) is -2.11. The van der Waals surface area contributed by atoms with Gasteiger partial charge in [-0.1, -0.05) is 5.10 Å². The number of amides is 3. The first-order chi connectivity index (χ1) is 12.9. The number of aromatic nitrogens is 2. The number of carbonyl (C=O) groups is 2. The van der Waals surface area contributed by atoms with Crippen molar-refractivity contribution in [3.63, 3.8) is 0 Å². The van der Waals surface area contributed by atoms with Crippen LogP contribution in [-0.4, -0.2) is 70.5 Å². The number of hydrogen-bond donors (Lipinski definition) is 0.